The van der Waals surface area contributed by atoms with E-state index in [1.165, 1.54) is 0 Å². The maximum absolute atomic E-state index is 4.19. The average molecular weight is 180 g/mol. The highest BCUT2D eigenvalue weighted by atomic mass is 15.3. The van der Waals surface area contributed by atoms with Gasteiger partial charge in [0.25, 0.3) is 0 Å². The number of hydrogen-bond acceptors (Lipinski definition) is 2. The summed E-state index contributed by atoms with van der Waals surface area (Å²) in [4.78, 5) is 10.2. The Hall–Kier alpha value is -1.16. The molecule has 0 aromatic carbocycles. The van der Waals surface area contributed by atoms with E-state index in [1.807, 2.05) is 13.0 Å². The molecule has 1 rings (SSSR count). The van der Waals surface area contributed by atoms with Crippen LogP contribution in [-0.4, -0.2) is 43.8 Å². The number of hydrogen-bond donors (Lipinski definition) is 1. The molecule has 0 bridgehead atoms. The summed E-state index contributed by atoms with van der Waals surface area (Å²) in [7, 11) is 0. The van der Waals surface area contributed by atoms with Crippen LogP contribution in [0.25, 0.3) is 0 Å². The fourth-order valence-corrected chi connectivity index (χ4v) is 1.23. The Morgan fingerprint density at radius 3 is 2.69 bits per heavy atom. The third-order valence-corrected chi connectivity index (χ3v) is 1.88. The minimum Gasteiger partial charge on any atom is -0.338 e. The molecule has 1 aliphatic rings. The predicted molar refractivity (Wildman–Crippen MR) is 56.2 cm³/mol. The van der Waals surface area contributed by atoms with Crippen LogP contribution in [0.1, 0.15) is 6.92 Å². The maximum Gasteiger partial charge on any atom is 0.224 e. The molecule has 1 N–H and O–H groups in total. The van der Waals surface area contributed by atoms with E-state index in [-0.39, 0.29) is 0 Å². The van der Waals surface area contributed by atoms with Gasteiger partial charge in [-0.15, -0.1) is 0 Å². The predicted octanol–water partition coefficient (Wildman–Crippen LogP) is 0.482. The molecule has 0 aromatic rings. The number of aliphatic imine (C=N–C) groups is 2. The van der Waals surface area contributed by atoms with E-state index >= 15 is 0 Å². The van der Waals surface area contributed by atoms with Crippen LogP contribution in [0.5, 0.6) is 0 Å². The molecule has 72 valence electrons. The summed E-state index contributed by atoms with van der Waals surface area (Å²) < 4.78 is 0. The minimum atomic E-state index is 0.722. The van der Waals surface area contributed by atoms with Crippen molar-refractivity contribution in [3.63, 3.8) is 0 Å². The second-order valence-corrected chi connectivity index (χ2v) is 2.81. The van der Waals surface area contributed by atoms with Crippen molar-refractivity contribution >= 4 is 12.7 Å². The van der Waals surface area contributed by atoms with Gasteiger partial charge in [-0.05, 0) is 13.6 Å². The molecule has 0 radical (unpaired) electrons. The van der Waals surface area contributed by atoms with E-state index in [9.17, 15) is 0 Å². The molecule has 0 atom stereocenters. The first kappa shape index (κ1) is 9.92. The lowest BCUT2D eigenvalue weighted by Gasteiger charge is -2.27. The molecule has 0 aromatic heterocycles. The zero-order valence-corrected chi connectivity index (χ0v) is 8.03. The van der Waals surface area contributed by atoms with Crippen molar-refractivity contribution in [2.24, 2.45) is 9.98 Å². The summed E-state index contributed by atoms with van der Waals surface area (Å²) in [6.45, 7) is 9.33. The van der Waals surface area contributed by atoms with E-state index in [0.29, 0.717) is 0 Å². The Morgan fingerprint density at radius 1 is 1.46 bits per heavy atom. The van der Waals surface area contributed by atoms with Crippen LogP contribution in [0.4, 0.5) is 0 Å². The number of guanidine groups is 1. The van der Waals surface area contributed by atoms with Gasteiger partial charge in [-0.3, -0.25) is 0 Å². The summed E-state index contributed by atoms with van der Waals surface area (Å²) in [6.07, 6.45) is 3.62. The van der Waals surface area contributed by atoms with Gasteiger partial charge in [0.05, 0.1) is 0 Å². The molecule has 1 heterocycles. The summed E-state index contributed by atoms with van der Waals surface area (Å²) >= 11 is 0. The number of allylic oxidation sites excluding steroid dienone is 1. The van der Waals surface area contributed by atoms with Crippen LogP contribution in [0, 0.1) is 0 Å². The molecule has 1 saturated heterocycles. The molecular formula is C9H16N4. The highest BCUT2D eigenvalue weighted by molar-refractivity contribution is 5.84. The number of rotatable bonds is 1. The van der Waals surface area contributed by atoms with E-state index in [4.69, 9.17) is 0 Å². The molecule has 0 amide bonds. The van der Waals surface area contributed by atoms with Crippen molar-refractivity contribution in [1.82, 2.24) is 10.2 Å². The van der Waals surface area contributed by atoms with Crippen LogP contribution in [0.3, 0.4) is 0 Å². The molecular weight excluding hydrogens is 164 g/mol. The Balaban J connectivity index is 2.58. The second kappa shape index (κ2) is 5.48. The van der Waals surface area contributed by atoms with Crippen LogP contribution < -0.4 is 5.32 Å². The summed E-state index contributed by atoms with van der Waals surface area (Å²) in [5, 5.41) is 3.27. The summed E-state index contributed by atoms with van der Waals surface area (Å²) in [5.41, 5.74) is 0. The Bertz CT molecular complexity index is 214. The minimum absolute atomic E-state index is 0.722. The monoisotopic (exact) mass is 180 g/mol. The lowest BCUT2D eigenvalue weighted by molar-refractivity contribution is 0.354. The Kier molecular flexibility index (Phi) is 4.18. The molecule has 0 unspecified atom stereocenters. The van der Waals surface area contributed by atoms with E-state index in [2.05, 4.69) is 26.9 Å². The topological polar surface area (TPSA) is 40.0 Å². The first-order valence-corrected chi connectivity index (χ1v) is 4.50. The van der Waals surface area contributed by atoms with Gasteiger partial charge in [0.2, 0.25) is 5.96 Å². The SMILES string of the molecule is C=N/C(=N\C=C/C)N1CCNCC1. The highest BCUT2D eigenvalue weighted by Gasteiger charge is 2.11. The second-order valence-electron chi connectivity index (χ2n) is 2.81. The van der Waals surface area contributed by atoms with Gasteiger partial charge in [-0.2, -0.15) is 0 Å². The molecule has 1 aliphatic heterocycles. The van der Waals surface area contributed by atoms with Crippen LogP contribution in [0.2, 0.25) is 0 Å². The lowest BCUT2D eigenvalue weighted by Crippen LogP contribution is -2.45. The quantitative estimate of drug-likeness (QED) is 0.471. The summed E-state index contributed by atoms with van der Waals surface area (Å²) in [5.74, 6) is 0.722. The standard InChI is InChI=1S/C9H16N4/c1-3-4-12-9(10-2)13-7-5-11-6-8-13/h3-4,11H,2,5-8H2,1H3/b4-3-,12-9+. The van der Waals surface area contributed by atoms with Gasteiger partial charge in [0.1, 0.15) is 0 Å². The maximum atomic E-state index is 4.19. The van der Waals surface area contributed by atoms with Crippen molar-refractivity contribution in [3.8, 4) is 0 Å². The van der Waals surface area contributed by atoms with Crippen molar-refractivity contribution in [2.45, 2.75) is 6.92 Å². The number of nitrogens with one attached hydrogen (secondary N) is 1. The van der Waals surface area contributed by atoms with Crippen molar-refractivity contribution in [2.75, 3.05) is 26.2 Å². The van der Waals surface area contributed by atoms with E-state index in [1.54, 1.807) is 6.20 Å². The number of nitrogens with zero attached hydrogens (tertiary/aromatic N) is 3. The Morgan fingerprint density at radius 2 is 2.15 bits per heavy atom. The smallest absolute Gasteiger partial charge is 0.224 e. The van der Waals surface area contributed by atoms with Gasteiger partial charge in [0, 0.05) is 32.4 Å². The molecule has 1 fully saturated rings. The summed E-state index contributed by atoms with van der Waals surface area (Å²) in [6, 6.07) is 0. The van der Waals surface area contributed by atoms with Gasteiger partial charge >= 0.3 is 0 Å². The first-order chi connectivity index (χ1) is 6.38. The zero-order valence-electron chi connectivity index (χ0n) is 8.03. The number of piperazine rings is 1. The van der Waals surface area contributed by atoms with Gasteiger partial charge in [-0.1, -0.05) is 6.08 Å². The molecule has 0 aliphatic carbocycles. The van der Waals surface area contributed by atoms with Crippen molar-refractivity contribution in [3.05, 3.63) is 12.3 Å². The van der Waals surface area contributed by atoms with Gasteiger partial charge in [-0.25, -0.2) is 9.98 Å². The lowest BCUT2D eigenvalue weighted by atomic mass is 10.4. The first-order valence-electron chi connectivity index (χ1n) is 4.50. The molecule has 4 nitrogen and oxygen atoms in total. The largest absolute Gasteiger partial charge is 0.338 e. The van der Waals surface area contributed by atoms with Gasteiger partial charge < -0.3 is 10.2 Å². The molecule has 0 saturated carbocycles. The molecule has 0 spiro atoms. The van der Waals surface area contributed by atoms with Crippen molar-refractivity contribution in [1.29, 1.82) is 0 Å². The van der Waals surface area contributed by atoms with Crippen LogP contribution in [0.15, 0.2) is 22.3 Å². The fraction of sp³-hybridized carbons (Fsp3) is 0.556. The third-order valence-electron chi connectivity index (χ3n) is 1.88. The van der Waals surface area contributed by atoms with Gasteiger partial charge in [0.15, 0.2) is 0 Å². The van der Waals surface area contributed by atoms with Crippen LogP contribution in [-0.2, 0) is 0 Å². The van der Waals surface area contributed by atoms with E-state index < -0.39 is 0 Å². The molecule has 4 heteroatoms. The van der Waals surface area contributed by atoms with E-state index in [0.717, 1.165) is 32.1 Å². The highest BCUT2D eigenvalue weighted by Crippen LogP contribution is 1.96. The zero-order chi connectivity index (χ0) is 9.52. The fourth-order valence-electron chi connectivity index (χ4n) is 1.23. The van der Waals surface area contributed by atoms with Crippen molar-refractivity contribution < 1.29 is 0 Å². The third kappa shape index (κ3) is 2.99. The normalized spacial score (nSPS) is 19.5. The average Bonchev–Trinajstić information content (AvgIpc) is 2.21. The van der Waals surface area contributed by atoms with Crippen LogP contribution >= 0.6 is 0 Å². The Labute approximate surface area is 79.1 Å². The molecule has 13 heavy (non-hydrogen) atoms.